The number of nitrogen functional groups attached to an aromatic ring is 1. The predicted octanol–water partition coefficient (Wildman–Crippen LogP) is 4.09. The van der Waals surface area contributed by atoms with Gasteiger partial charge in [0.25, 0.3) is 0 Å². The SMILES string of the molecule is CC1CCc2nc(N)c(C#N)c(-c3ccc(Br)cc3)c2C1. The summed E-state index contributed by atoms with van der Waals surface area (Å²) in [5, 5.41) is 9.50. The molecule has 3 nitrogen and oxygen atoms in total. The Morgan fingerprint density at radius 1 is 1.33 bits per heavy atom. The van der Waals surface area contributed by atoms with Gasteiger partial charge < -0.3 is 5.73 Å². The molecule has 1 aromatic heterocycles. The highest BCUT2D eigenvalue weighted by Crippen LogP contribution is 2.37. The minimum atomic E-state index is 0.351. The van der Waals surface area contributed by atoms with Crippen LogP contribution >= 0.6 is 15.9 Å². The molecule has 1 aliphatic carbocycles. The number of nitriles is 1. The van der Waals surface area contributed by atoms with E-state index in [1.807, 2.05) is 24.3 Å². The molecule has 2 N–H and O–H groups in total. The molecule has 21 heavy (non-hydrogen) atoms. The van der Waals surface area contributed by atoms with Gasteiger partial charge in [-0.05, 0) is 48.4 Å². The van der Waals surface area contributed by atoms with Gasteiger partial charge in [0.2, 0.25) is 0 Å². The quantitative estimate of drug-likeness (QED) is 0.849. The van der Waals surface area contributed by atoms with Crippen LogP contribution in [0.5, 0.6) is 0 Å². The number of aryl methyl sites for hydroxylation is 1. The lowest BCUT2D eigenvalue weighted by atomic mass is 9.82. The van der Waals surface area contributed by atoms with E-state index in [-0.39, 0.29) is 0 Å². The monoisotopic (exact) mass is 341 g/mol. The molecule has 0 bridgehead atoms. The summed E-state index contributed by atoms with van der Waals surface area (Å²) in [7, 11) is 0. The first-order valence-electron chi connectivity index (χ1n) is 7.07. The highest BCUT2D eigenvalue weighted by Gasteiger charge is 2.24. The van der Waals surface area contributed by atoms with E-state index in [4.69, 9.17) is 5.73 Å². The number of pyridine rings is 1. The predicted molar refractivity (Wildman–Crippen MR) is 87.7 cm³/mol. The van der Waals surface area contributed by atoms with E-state index in [1.165, 1.54) is 5.56 Å². The van der Waals surface area contributed by atoms with Gasteiger partial charge in [-0.15, -0.1) is 0 Å². The van der Waals surface area contributed by atoms with Gasteiger partial charge in [0.1, 0.15) is 17.5 Å². The molecule has 1 aromatic carbocycles. The van der Waals surface area contributed by atoms with E-state index in [2.05, 4.69) is 33.9 Å². The fraction of sp³-hybridized carbons (Fsp3) is 0.294. The van der Waals surface area contributed by atoms with E-state index < -0.39 is 0 Å². The molecule has 1 unspecified atom stereocenters. The molecule has 106 valence electrons. The van der Waals surface area contributed by atoms with E-state index in [0.29, 0.717) is 17.3 Å². The molecule has 1 aliphatic rings. The molecular formula is C17H16BrN3. The Hall–Kier alpha value is -1.86. The number of nitrogens with two attached hydrogens (primary N) is 1. The molecule has 2 aromatic rings. The van der Waals surface area contributed by atoms with E-state index in [0.717, 1.165) is 40.6 Å². The van der Waals surface area contributed by atoms with Crippen molar-refractivity contribution in [1.29, 1.82) is 5.26 Å². The maximum absolute atomic E-state index is 9.50. The smallest absolute Gasteiger partial charge is 0.142 e. The number of halogens is 1. The van der Waals surface area contributed by atoms with Crippen molar-refractivity contribution in [3.63, 3.8) is 0 Å². The van der Waals surface area contributed by atoms with E-state index in [1.54, 1.807) is 0 Å². The van der Waals surface area contributed by atoms with Crippen LogP contribution in [0.25, 0.3) is 11.1 Å². The van der Waals surface area contributed by atoms with Gasteiger partial charge in [-0.3, -0.25) is 0 Å². The summed E-state index contributed by atoms with van der Waals surface area (Å²) >= 11 is 3.45. The van der Waals surface area contributed by atoms with Crippen LogP contribution in [0.15, 0.2) is 28.7 Å². The molecule has 0 saturated carbocycles. The van der Waals surface area contributed by atoms with Crippen molar-refractivity contribution in [1.82, 2.24) is 4.98 Å². The Bertz CT molecular complexity index is 729. The third-order valence-electron chi connectivity index (χ3n) is 4.08. The highest BCUT2D eigenvalue weighted by molar-refractivity contribution is 9.10. The summed E-state index contributed by atoms with van der Waals surface area (Å²) in [6, 6.07) is 10.3. The van der Waals surface area contributed by atoms with Crippen molar-refractivity contribution >= 4 is 21.7 Å². The van der Waals surface area contributed by atoms with Crippen LogP contribution in [0, 0.1) is 17.2 Å². The Kier molecular flexibility index (Phi) is 3.69. The van der Waals surface area contributed by atoms with Gasteiger partial charge in [0.15, 0.2) is 0 Å². The molecule has 3 rings (SSSR count). The fourth-order valence-corrected chi connectivity index (χ4v) is 3.26. The Morgan fingerprint density at radius 2 is 2.05 bits per heavy atom. The van der Waals surface area contributed by atoms with Crippen molar-refractivity contribution in [2.75, 3.05) is 5.73 Å². The largest absolute Gasteiger partial charge is 0.383 e. The average Bonchev–Trinajstić information content (AvgIpc) is 2.47. The van der Waals surface area contributed by atoms with Crippen molar-refractivity contribution in [3.05, 3.63) is 45.6 Å². The summed E-state index contributed by atoms with van der Waals surface area (Å²) < 4.78 is 1.02. The lowest BCUT2D eigenvalue weighted by Gasteiger charge is -2.25. The van der Waals surface area contributed by atoms with Crippen LogP contribution < -0.4 is 5.73 Å². The third-order valence-corrected chi connectivity index (χ3v) is 4.61. The first-order valence-corrected chi connectivity index (χ1v) is 7.86. The molecule has 4 heteroatoms. The average molecular weight is 342 g/mol. The second-order valence-corrected chi connectivity index (χ2v) is 6.55. The van der Waals surface area contributed by atoms with Gasteiger partial charge in [0.05, 0.1) is 0 Å². The van der Waals surface area contributed by atoms with Gasteiger partial charge in [-0.1, -0.05) is 35.0 Å². The second kappa shape index (κ2) is 5.50. The van der Waals surface area contributed by atoms with Crippen molar-refractivity contribution in [2.45, 2.75) is 26.2 Å². The highest BCUT2D eigenvalue weighted by atomic mass is 79.9. The van der Waals surface area contributed by atoms with Crippen LogP contribution in [0.1, 0.15) is 30.2 Å². The standard InChI is InChI=1S/C17H16BrN3/c1-10-2-7-15-13(8-10)16(14(9-19)17(20)21-15)11-3-5-12(18)6-4-11/h3-6,10H,2,7-8H2,1H3,(H2,20,21). The maximum atomic E-state index is 9.50. The van der Waals surface area contributed by atoms with Gasteiger partial charge in [0, 0.05) is 15.7 Å². The van der Waals surface area contributed by atoms with Gasteiger partial charge >= 0.3 is 0 Å². The number of nitrogens with zero attached hydrogens (tertiary/aromatic N) is 2. The van der Waals surface area contributed by atoms with Crippen LogP contribution in [0.4, 0.5) is 5.82 Å². The van der Waals surface area contributed by atoms with Crippen molar-refractivity contribution in [2.24, 2.45) is 5.92 Å². The number of hydrogen-bond donors (Lipinski definition) is 1. The fourth-order valence-electron chi connectivity index (χ4n) is 3.00. The number of aromatic nitrogens is 1. The maximum Gasteiger partial charge on any atom is 0.142 e. The second-order valence-electron chi connectivity index (χ2n) is 5.64. The minimum Gasteiger partial charge on any atom is -0.383 e. The molecule has 0 saturated heterocycles. The van der Waals surface area contributed by atoms with E-state index >= 15 is 0 Å². The zero-order valence-corrected chi connectivity index (χ0v) is 13.4. The molecule has 0 amide bonds. The van der Waals surface area contributed by atoms with Crippen molar-refractivity contribution in [3.8, 4) is 17.2 Å². The summed E-state index contributed by atoms with van der Waals surface area (Å²) in [5.74, 6) is 0.965. The van der Waals surface area contributed by atoms with Crippen LogP contribution in [0.2, 0.25) is 0 Å². The lowest BCUT2D eigenvalue weighted by Crippen LogP contribution is -2.16. The molecule has 0 fully saturated rings. The molecule has 1 atom stereocenters. The van der Waals surface area contributed by atoms with E-state index in [9.17, 15) is 5.26 Å². The molecule has 0 spiro atoms. The Morgan fingerprint density at radius 3 is 2.71 bits per heavy atom. The van der Waals surface area contributed by atoms with Crippen LogP contribution in [-0.4, -0.2) is 4.98 Å². The number of benzene rings is 1. The zero-order chi connectivity index (χ0) is 15.0. The number of anilines is 1. The topological polar surface area (TPSA) is 62.7 Å². The number of fused-ring (bicyclic) bond motifs is 1. The Labute approximate surface area is 132 Å². The van der Waals surface area contributed by atoms with Crippen LogP contribution in [-0.2, 0) is 12.8 Å². The van der Waals surface area contributed by atoms with Gasteiger partial charge in [-0.2, -0.15) is 5.26 Å². The molecule has 0 radical (unpaired) electrons. The normalized spacial score (nSPS) is 17.1. The summed E-state index contributed by atoms with van der Waals surface area (Å²) in [6.07, 6.45) is 3.03. The summed E-state index contributed by atoms with van der Waals surface area (Å²) in [6.45, 7) is 2.25. The number of rotatable bonds is 1. The molecule has 0 aliphatic heterocycles. The summed E-state index contributed by atoms with van der Waals surface area (Å²) in [5.41, 5.74) is 10.8. The summed E-state index contributed by atoms with van der Waals surface area (Å²) in [4.78, 5) is 4.47. The minimum absolute atomic E-state index is 0.351. The Balaban J connectivity index is 2.28. The zero-order valence-electron chi connectivity index (χ0n) is 11.9. The lowest BCUT2D eigenvalue weighted by molar-refractivity contribution is 0.495. The van der Waals surface area contributed by atoms with Crippen LogP contribution in [0.3, 0.4) is 0 Å². The van der Waals surface area contributed by atoms with Gasteiger partial charge in [-0.25, -0.2) is 4.98 Å². The molecular weight excluding hydrogens is 326 g/mol. The van der Waals surface area contributed by atoms with Crippen molar-refractivity contribution < 1.29 is 0 Å². The first-order chi connectivity index (χ1) is 10.1. The molecule has 1 heterocycles. The number of hydrogen-bond acceptors (Lipinski definition) is 3. The third kappa shape index (κ3) is 2.54. The first kappa shape index (κ1) is 14.1.